The number of anilines is 1. The minimum Gasteiger partial charge on any atom is -0.455 e. The lowest BCUT2D eigenvalue weighted by Crippen LogP contribution is -2.57. The summed E-state index contributed by atoms with van der Waals surface area (Å²) < 4.78 is 5.71. The SMILES string of the molecule is C[C@H]1CCc2c(sc(NC(=O)COC(=O)C34C[C@@H]5C[C@@H](C3)CC(c3ccccc3)(C5)C4)c2C#N)C1. The molecule has 1 aromatic heterocycles. The van der Waals surface area contributed by atoms with Gasteiger partial charge in [0.25, 0.3) is 5.91 Å². The van der Waals surface area contributed by atoms with Gasteiger partial charge in [0.15, 0.2) is 6.61 Å². The Kier molecular flexibility index (Phi) is 5.52. The first-order valence-corrected chi connectivity index (χ1v) is 13.8. The number of amides is 1. The summed E-state index contributed by atoms with van der Waals surface area (Å²) in [6.45, 7) is 1.93. The van der Waals surface area contributed by atoms with Crippen molar-refractivity contribution in [3.63, 3.8) is 0 Å². The Hall–Kier alpha value is -2.65. The van der Waals surface area contributed by atoms with Crippen LogP contribution >= 0.6 is 11.3 Å². The van der Waals surface area contributed by atoms with Crippen molar-refractivity contribution in [2.75, 3.05) is 11.9 Å². The van der Waals surface area contributed by atoms with E-state index < -0.39 is 5.41 Å². The van der Waals surface area contributed by atoms with E-state index in [-0.39, 0.29) is 23.9 Å². The number of fused-ring (bicyclic) bond motifs is 1. The van der Waals surface area contributed by atoms with Crippen LogP contribution in [0.2, 0.25) is 0 Å². The quantitative estimate of drug-likeness (QED) is 0.542. The molecule has 5 aliphatic rings. The topological polar surface area (TPSA) is 79.2 Å². The molecule has 1 aromatic carbocycles. The van der Waals surface area contributed by atoms with Crippen LogP contribution in [0.15, 0.2) is 30.3 Å². The third-order valence-electron chi connectivity index (χ3n) is 9.09. The number of ether oxygens (including phenoxy) is 1. The zero-order valence-corrected chi connectivity index (χ0v) is 21.1. The van der Waals surface area contributed by atoms with Crippen molar-refractivity contribution in [1.82, 2.24) is 0 Å². The van der Waals surface area contributed by atoms with Crippen LogP contribution in [0.1, 0.15) is 73.4 Å². The van der Waals surface area contributed by atoms with E-state index in [0.29, 0.717) is 28.3 Å². The highest BCUT2D eigenvalue weighted by atomic mass is 32.1. The van der Waals surface area contributed by atoms with E-state index in [1.807, 2.05) is 0 Å². The van der Waals surface area contributed by atoms with Crippen molar-refractivity contribution < 1.29 is 14.3 Å². The lowest BCUT2D eigenvalue weighted by Gasteiger charge is -2.61. The zero-order valence-electron chi connectivity index (χ0n) is 20.3. The van der Waals surface area contributed by atoms with Gasteiger partial charge in [-0.2, -0.15) is 5.26 Å². The molecule has 0 aliphatic heterocycles. The number of thiophene rings is 1. The van der Waals surface area contributed by atoms with E-state index in [4.69, 9.17) is 4.74 Å². The van der Waals surface area contributed by atoms with Gasteiger partial charge in [-0.25, -0.2) is 0 Å². The molecule has 5 aliphatic carbocycles. The van der Waals surface area contributed by atoms with Crippen LogP contribution in [0.5, 0.6) is 0 Å². The number of hydrogen-bond acceptors (Lipinski definition) is 5. The third kappa shape index (κ3) is 3.89. The maximum atomic E-state index is 13.5. The van der Waals surface area contributed by atoms with Crippen molar-refractivity contribution in [1.29, 1.82) is 5.26 Å². The molecule has 4 fully saturated rings. The molecule has 5 nitrogen and oxygen atoms in total. The summed E-state index contributed by atoms with van der Waals surface area (Å²) in [6.07, 6.45) is 9.01. The van der Waals surface area contributed by atoms with Gasteiger partial charge in [0.05, 0.1) is 11.0 Å². The van der Waals surface area contributed by atoms with E-state index in [2.05, 4.69) is 48.6 Å². The second-order valence-electron chi connectivity index (χ2n) is 11.7. The van der Waals surface area contributed by atoms with Gasteiger partial charge in [0.1, 0.15) is 11.1 Å². The molecule has 1 amide bonds. The Labute approximate surface area is 210 Å². The molecule has 1 heterocycles. The Bertz CT molecular complexity index is 1200. The summed E-state index contributed by atoms with van der Waals surface area (Å²) in [5, 5.41) is 13.2. The molecule has 182 valence electrons. The number of benzene rings is 1. The van der Waals surface area contributed by atoms with Gasteiger partial charge in [0, 0.05) is 4.88 Å². The minimum absolute atomic E-state index is 0.0570. The maximum Gasteiger partial charge on any atom is 0.312 e. The zero-order chi connectivity index (χ0) is 24.2. The Morgan fingerprint density at radius 3 is 2.63 bits per heavy atom. The Morgan fingerprint density at radius 1 is 1.17 bits per heavy atom. The molecule has 1 N–H and O–H groups in total. The van der Waals surface area contributed by atoms with Crippen LogP contribution in [0, 0.1) is 34.5 Å². The predicted molar refractivity (Wildman–Crippen MR) is 135 cm³/mol. The molecule has 4 bridgehead atoms. The maximum absolute atomic E-state index is 13.5. The number of nitriles is 1. The van der Waals surface area contributed by atoms with Gasteiger partial charge in [-0.3, -0.25) is 9.59 Å². The number of hydrogen-bond donors (Lipinski definition) is 1. The summed E-state index contributed by atoms with van der Waals surface area (Å²) >= 11 is 1.50. The van der Waals surface area contributed by atoms with Crippen molar-refractivity contribution in [2.24, 2.45) is 23.2 Å². The van der Waals surface area contributed by atoms with Gasteiger partial charge < -0.3 is 10.1 Å². The average Bonchev–Trinajstić information content (AvgIpc) is 3.18. The average molecular weight is 489 g/mol. The number of carbonyl (C=O) groups is 2. The van der Waals surface area contributed by atoms with E-state index in [9.17, 15) is 14.9 Å². The smallest absolute Gasteiger partial charge is 0.312 e. The summed E-state index contributed by atoms with van der Waals surface area (Å²) in [4.78, 5) is 27.5. The Balaban J connectivity index is 1.15. The predicted octanol–water partition coefficient (Wildman–Crippen LogP) is 5.76. The first-order valence-electron chi connectivity index (χ1n) is 13.0. The number of nitrogens with one attached hydrogen (secondary N) is 1. The molecular formula is C29H32N2O3S. The van der Waals surface area contributed by atoms with Crippen LogP contribution in [-0.2, 0) is 32.6 Å². The molecule has 0 spiro atoms. The molecule has 0 saturated heterocycles. The monoisotopic (exact) mass is 488 g/mol. The van der Waals surface area contributed by atoms with E-state index >= 15 is 0 Å². The van der Waals surface area contributed by atoms with Gasteiger partial charge >= 0.3 is 5.97 Å². The van der Waals surface area contributed by atoms with Gasteiger partial charge in [-0.15, -0.1) is 11.3 Å². The fraction of sp³-hybridized carbons (Fsp3) is 0.552. The second kappa shape index (κ2) is 8.48. The van der Waals surface area contributed by atoms with Crippen molar-refractivity contribution in [3.05, 3.63) is 51.9 Å². The molecule has 6 heteroatoms. The second-order valence-corrected chi connectivity index (χ2v) is 12.8. The first-order chi connectivity index (χ1) is 16.9. The van der Waals surface area contributed by atoms with E-state index in [0.717, 1.165) is 56.9 Å². The number of nitrogens with zero attached hydrogens (tertiary/aromatic N) is 1. The highest BCUT2D eigenvalue weighted by Gasteiger charge is 2.61. The van der Waals surface area contributed by atoms with E-state index in [1.165, 1.54) is 28.2 Å². The lowest BCUT2D eigenvalue weighted by atomic mass is 9.43. The lowest BCUT2D eigenvalue weighted by molar-refractivity contribution is -0.175. The standard InChI is InChI=1S/C29H32N2O3S/c1-18-7-8-22-23(15-30)26(35-24(22)9-18)31-25(32)16-34-27(33)29-13-19-10-20(14-29)12-28(11-19,17-29)21-5-3-2-4-6-21/h2-6,18-20H,7-14,16-17H2,1H3,(H,31,32)/t18-,19+,20+,28?,29?/m0/s1. The first kappa shape index (κ1) is 22.8. The highest BCUT2D eigenvalue weighted by Crippen LogP contribution is 2.66. The molecule has 2 aromatic rings. The van der Waals surface area contributed by atoms with Crippen molar-refractivity contribution in [3.8, 4) is 6.07 Å². The van der Waals surface area contributed by atoms with Crippen molar-refractivity contribution in [2.45, 2.75) is 70.1 Å². The molecule has 4 saturated carbocycles. The van der Waals surface area contributed by atoms with Crippen LogP contribution in [0.4, 0.5) is 5.00 Å². The summed E-state index contributed by atoms with van der Waals surface area (Å²) in [5.74, 6) is 1.13. The van der Waals surface area contributed by atoms with Crippen LogP contribution in [-0.4, -0.2) is 18.5 Å². The molecule has 35 heavy (non-hydrogen) atoms. The number of carbonyl (C=O) groups excluding carboxylic acids is 2. The fourth-order valence-corrected chi connectivity index (χ4v) is 9.41. The van der Waals surface area contributed by atoms with Gasteiger partial charge in [0.2, 0.25) is 0 Å². The minimum atomic E-state index is -0.476. The van der Waals surface area contributed by atoms with Crippen LogP contribution in [0.25, 0.3) is 0 Å². The number of rotatable bonds is 5. The van der Waals surface area contributed by atoms with Crippen molar-refractivity contribution >= 4 is 28.2 Å². The molecule has 0 unspecified atom stereocenters. The summed E-state index contributed by atoms with van der Waals surface area (Å²) in [5.41, 5.74) is 2.60. The molecule has 0 radical (unpaired) electrons. The largest absolute Gasteiger partial charge is 0.455 e. The van der Waals surface area contributed by atoms with Crippen LogP contribution in [0.3, 0.4) is 0 Å². The third-order valence-corrected chi connectivity index (χ3v) is 10.3. The van der Waals surface area contributed by atoms with Crippen LogP contribution < -0.4 is 5.32 Å². The molecule has 3 atom stereocenters. The number of esters is 1. The summed E-state index contributed by atoms with van der Waals surface area (Å²) in [7, 11) is 0. The fourth-order valence-electron chi connectivity index (χ4n) is 8.03. The molecule has 7 rings (SSSR count). The molecular weight excluding hydrogens is 456 g/mol. The normalized spacial score (nSPS) is 32.5. The van der Waals surface area contributed by atoms with Gasteiger partial charge in [-0.1, -0.05) is 37.3 Å². The summed E-state index contributed by atoms with van der Waals surface area (Å²) in [6, 6.07) is 13.0. The van der Waals surface area contributed by atoms with Gasteiger partial charge in [-0.05, 0) is 92.1 Å². The highest BCUT2D eigenvalue weighted by molar-refractivity contribution is 7.16. The Morgan fingerprint density at radius 2 is 1.91 bits per heavy atom. The van der Waals surface area contributed by atoms with E-state index in [1.54, 1.807) is 0 Å².